The average Bonchev–Trinajstić information content (AvgIpc) is 2.65. The fraction of sp³-hybridized carbons (Fsp3) is 0. The van der Waals surface area contributed by atoms with E-state index in [4.69, 9.17) is 16.0 Å². The molecule has 0 saturated carbocycles. The molecule has 4 heteroatoms. The fourth-order valence-corrected chi connectivity index (χ4v) is 1.70. The van der Waals surface area contributed by atoms with Gasteiger partial charge in [0.15, 0.2) is 5.76 Å². The first kappa shape index (κ1) is 10.5. The van der Waals surface area contributed by atoms with Gasteiger partial charge in [0.25, 0.3) is 0 Å². The Morgan fingerprint density at radius 2 is 1.87 bits per heavy atom. The second-order valence-electron chi connectivity index (χ2n) is 2.93. The zero-order valence-electron chi connectivity index (χ0n) is 7.54. The number of halogens is 2. The summed E-state index contributed by atoms with van der Waals surface area (Å²) in [5.74, 6) is 0.140. The Labute approximate surface area is 100.0 Å². The molecule has 76 valence electrons. The molecule has 0 radical (unpaired) electrons. The molecule has 0 bridgehead atoms. The number of ketones is 1. The monoisotopic (exact) mass is 284 g/mol. The Kier molecular flexibility index (Phi) is 2.93. The van der Waals surface area contributed by atoms with E-state index in [0.717, 1.165) is 0 Å². The van der Waals surface area contributed by atoms with E-state index in [9.17, 15) is 4.79 Å². The van der Waals surface area contributed by atoms with Gasteiger partial charge in [-0.25, -0.2) is 0 Å². The van der Waals surface area contributed by atoms with Crippen LogP contribution in [-0.2, 0) is 0 Å². The quantitative estimate of drug-likeness (QED) is 0.783. The van der Waals surface area contributed by atoms with Gasteiger partial charge in [0.2, 0.25) is 5.78 Å². The van der Waals surface area contributed by atoms with Crippen LogP contribution in [0.5, 0.6) is 0 Å². The predicted octanol–water partition coefficient (Wildman–Crippen LogP) is 3.93. The molecule has 2 nitrogen and oxygen atoms in total. The lowest BCUT2D eigenvalue weighted by atomic mass is 10.1. The normalized spacial score (nSPS) is 10.3. The van der Waals surface area contributed by atoms with E-state index < -0.39 is 0 Å². The van der Waals surface area contributed by atoms with Crippen LogP contribution in [0, 0.1) is 0 Å². The van der Waals surface area contributed by atoms with Crippen LogP contribution in [0.3, 0.4) is 0 Å². The molecule has 0 spiro atoms. The Bertz CT molecular complexity index is 488. The average molecular weight is 286 g/mol. The van der Waals surface area contributed by atoms with E-state index in [0.29, 0.717) is 20.8 Å². The number of hydrogen-bond donors (Lipinski definition) is 0. The maximum Gasteiger partial charge on any atom is 0.229 e. The van der Waals surface area contributed by atoms with Gasteiger partial charge in [0.05, 0.1) is 10.7 Å². The molecule has 0 N–H and O–H groups in total. The molecule has 2 aromatic rings. The summed E-state index contributed by atoms with van der Waals surface area (Å²) in [7, 11) is 0. The third kappa shape index (κ3) is 2.13. The summed E-state index contributed by atoms with van der Waals surface area (Å²) in [5, 5.41) is 0.602. The highest BCUT2D eigenvalue weighted by atomic mass is 79.9. The summed E-state index contributed by atoms with van der Waals surface area (Å²) in [6, 6.07) is 8.36. The van der Waals surface area contributed by atoms with Crippen LogP contribution in [0.2, 0.25) is 5.02 Å². The maximum atomic E-state index is 11.9. The van der Waals surface area contributed by atoms with Crippen molar-refractivity contribution >= 4 is 33.3 Å². The molecular formula is C11H6BrClO2. The summed E-state index contributed by atoms with van der Waals surface area (Å²) in [6.45, 7) is 0. The van der Waals surface area contributed by atoms with Crippen molar-refractivity contribution in [2.75, 3.05) is 0 Å². The smallest absolute Gasteiger partial charge is 0.229 e. The number of hydrogen-bond acceptors (Lipinski definition) is 2. The second kappa shape index (κ2) is 4.21. The van der Waals surface area contributed by atoms with Gasteiger partial charge in [-0.2, -0.15) is 0 Å². The van der Waals surface area contributed by atoms with E-state index >= 15 is 0 Å². The van der Waals surface area contributed by atoms with Crippen molar-refractivity contribution in [1.82, 2.24) is 0 Å². The summed E-state index contributed by atoms with van der Waals surface area (Å²) in [6.07, 6.45) is 1.47. The highest BCUT2D eigenvalue weighted by Gasteiger charge is 2.15. The number of benzene rings is 1. The van der Waals surface area contributed by atoms with Crippen molar-refractivity contribution in [2.24, 2.45) is 0 Å². The van der Waals surface area contributed by atoms with Gasteiger partial charge >= 0.3 is 0 Å². The molecule has 0 aliphatic carbocycles. The molecule has 0 aliphatic rings. The van der Waals surface area contributed by atoms with Gasteiger partial charge in [-0.3, -0.25) is 4.79 Å². The van der Waals surface area contributed by atoms with E-state index in [1.165, 1.54) is 6.26 Å². The van der Waals surface area contributed by atoms with Gasteiger partial charge < -0.3 is 4.42 Å². The zero-order valence-corrected chi connectivity index (χ0v) is 9.88. The molecule has 2 rings (SSSR count). The zero-order chi connectivity index (χ0) is 10.8. The highest BCUT2D eigenvalue weighted by Crippen LogP contribution is 2.21. The van der Waals surface area contributed by atoms with E-state index in [-0.39, 0.29) is 5.78 Å². The predicted molar refractivity (Wildman–Crippen MR) is 61.3 cm³/mol. The number of rotatable bonds is 2. The topological polar surface area (TPSA) is 30.2 Å². The van der Waals surface area contributed by atoms with E-state index in [1.54, 1.807) is 30.3 Å². The number of carbonyl (C=O) groups is 1. The maximum absolute atomic E-state index is 11.9. The van der Waals surface area contributed by atoms with Crippen LogP contribution in [-0.4, -0.2) is 5.78 Å². The lowest BCUT2D eigenvalue weighted by Crippen LogP contribution is -1.99. The van der Waals surface area contributed by atoms with Crippen LogP contribution >= 0.6 is 27.5 Å². The van der Waals surface area contributed by atoms with Gasteiger partial charge in [-0.1, -0.05) is 11.6 Å². The summed E-state index contributed by atoms with van der Waals surface area (Å²) >= 11 is 8.97. The first-order chi connectivity index (χ1) is 7.18. The third-order valence-electron chi connectivity index (χ3n) is 1.93. The Morgan fingerprint density at radius 3 is 2.40 bits per heavy atom. The third-order valence-corrected chi connectivity index (χ3v) is 2.81. The molecule has 1 aromatic heterocycles. The summed E-state index contributed by atoms with van der Waals surface area (Å²) in [4.78, 5) is 11.9. The minimum atomic E-state index is -0.163. The van der Waals surface area contributed by atoms with Crippen molar-refractivity contribution in [3.05, 3.63) is 57.4 Å². The van der Waals surface area contributed by atoms with E-state index in [1.807, 2.05) is 0 Å². The molecule has 0 saturated heterocycles. The van der Waals surface area contributed by atoms with Gasteiger partial charge in [0, 0.05) is 10.6 Å². The minimum absolute atomic E-state index is 0.163. The summed E-state index contributed by atoms with van der Waals surface area (Å²) < 4.78 is 5.74. The van der Waals surface area contributed by atoms with Crippen LogP contribution in [0.4, 0.5) is 0 Å². The molecule has 0 atom stereocenters. The largest absolute Gasteiger partial charge is 0.460 e. The molecule has 1 aromatic carbocycles. The van der Waals surface area contributed by atoms with Crippen molar-refractivity contribution < 1.29 is 9.21 Å². The highest BCUT2D eigenvalue weighted by molar-refractivity contribution is 9.10. The fourth-order valence-electron chi connectivity index (χ4n) is 1.19. The standard InChI is InChI=1S/C11H6BrClO2/c12-9-5-6-15-11(9)10(14)7-1-3-8(13)4-2-7/h1-6H. The SMILES string of the molecule is O=C(c1ccc(Cl)cc1)c1occc1Br. The van der Waals surface area contributed by atoms with Crippen molar-refractivity contribution in [2.45, 2.75) is 0 Å². The van der Waals surface area contributed by atoms with Crippen molar-refractivity contribution in [3.63, 3.8) is 0 Å². The molecule has 15 heavy (non-hydrogen) atoms. The minimum Gasteiger partial charge on any atom is -0.460 e. The number of furan rings is 1. The first-order valence-corrected chi connectivity index (χ1v) is 5.39. The van der Waals surface area contributed by atoms with Gasteiger partial charge in [0.1, 0.15) is 0 Å². The lowest BCUT2D eigenvalue weighted by molar-refractivity contribution is 0.101. The molecule has 1 heterocycles. The van der Waals surface area contributed by atoms with Crippen LogP contribution in [0.1, 0.15) is 16.1 Å². The molecule has 0 aliphatic heterocycles. The van der Waals surface area contributed by atoms with Crippen molar-refractivity contribution in [1.29, 1.82) is 0 Å². The van der Waals surface area contributed by atoms with Crippen LogP contribution in [0.25, 0.3) is 0 Å². The Morgan fingerprint density at radius 1 is 1.20 bits per heavy atom. The lowest BCUT2D eigenvalue weighted by Gasteiger charge is -1.98. The van der Waals surface area contributed by atoms with Crippen LogP contribution in [0.15, 0.2) is 45.5 Å². The van der Waals surface area contributed by atoms with Gasteiger partial charge in [-0.05, 0) is 46.3 Å². The van der Waals surface area contributed by atoms with Crippen molar-refractivity contribution in [3.8, 4) is 0 Å². The molecule has 0 unspecified atom stereocenters. The van der Waals surface area contributed by atoms with E-state index in [2.05, 4.69) is 15.9 Å². The summed E-state index contributed by atoms with van der Waals surface area (Å²) in [5.41, 5.74) is 0.551. The second-order valence-corrected chi connectivity index (χ2v) is 4.22. The molecule has 0 amide bonds. The molecular weight excluding hydrogens is 279 g/mol. The first-order valence-electron chi connectivity index (χ1n) is 4.22. The van der Waals surface area contributed by atoms with Crippen LogP contribution < -0.4 is 0 Å². The Balaban J connectivity index is 2.37. The van der Waals surface area contributed by atoms with Gasteiger partial charge in [-0.15, -0.1) is 0 Å². The Hall–Kier alpha value is -1.06. The molecule has 0 fully saturated rings. The number of carbonyl (C=O) groups excluding carboxylic acids is 1.